The number of amides is 4. The SMILES string of the molecule is CCC(C)C(NC(=O)C(N)Cc1ccc(O)cc1)C(=O)NC(CCC(N)=O)C(=O)NC(Cc1ccc(O)cc1)C(=O)O. The molecule has 0 heterocycles. The van der Waals surface area contributed by atoms with Gasteiger partial charge in [-0.3, -0.25) is 19.2 Å². The maximum Gasteiger partial charge on any atom is 0.326 e. The zero-order valence-corrected chi connectivity index (χ0v) is 23.6. The number of phenolic OH excluding ortho intramolecular Hbond substituents is 2. The topological polar surface area (TPSA) is 234 Å². The summed E-state index contributed by atoms with van der Waals surface area (Å²) in [6.45, 7) is 3.54. The van der Waals surface area contributed by atoms with Gasteiger partial charge in [-0.05, 0) is 54.2 Å². The highest BCUT2D eigenvalue weighted by Gasteiger charge is 2.32. The van der Waals surface area contributed by atoms with Gasteiger partial charge in [-0.1, -0.05) is 44.5 Å². The summed E-state index contributed by atoms with van der Waals surface area (Å²) in [5.74, 6) is -4.56. The summed E-state index contributed by atoms with van der Waals surface area (Å²) in [5.41, 5.74) is 12.6. The van der Waals surface area contributed by atoms with Crippen LogP contribution in [0.15, 0.2) is 48.5 Å². The Bertz CT molecular complexity index is 1240. The Kier molecular flexibility index (Phi) is 12.8. The molecule has 0 aromatic heterocycles. The fraction of sp³-hybridized carbons (Fsp3) is 0.414. The number of carboxylic acid groups (broad SMARTS) is 1. The monoisotopic (exact) mass is 585 g/mol. The van der Waals surface area contributed by atoms with Gasteiger partial charge in [0.25, 0.3) is 0 Å². The molecule has 13 nitrogen and oxygen atoms in total. The van der Waals surface area contributed by atoms with Crippen LogP contribution in [-0.2, 0) is 36.8 Å². The van der Waals surface area contributed by atoms with E-state index in [0.29, 0.717) is 17.5 Å². The highest BCUT2D eigenvalue weighted by molar-refractivity contribution is 5.94. The first-order chi connectivity index (χ1) is 19.8. The van der Waals surface area contributed by atoms with Crippen molar-refractivity contribution in [1.82, 2.24) is 16.0 Å². The second-order valence-corrected chi connectivity index (χ2v) is 10.2. The van der Waals surface area contributed by atoms with Gasteiger partial charge in [0.05, 0.1) is 6.04 Å². The highest BCUT2D eigenvalue weighted by atomic mass is 16.4. The molecule has 0 fully saturated rings. The molecule has 0 spiro atoms. The summed E-state index contributed by atoms with van der Waals surface area (Å²) < 4.78 is 0. The number of benzene rings is 2. The maximum atomic E-state index is 13.4. The molecule has 0 saturated carbocycles. The molecular weight excluding hydrogens is 546 g/mol. The average Bonchev–Trinajstić information content (AvgIpc) is 2.94. The molecule has 10 N–H and O–H groups in total. The van der Waals surface area contributed by atoms with Gasteiger partial charge in [-0.2, -0.15) is 0 Å². The smallest absolute Gasteiger partial charge is 0.326 e. The molecule has 5 atom stereocenters. The van der Waals surface area contributed by atoms with Crippen LogP contribution in [0.3, 0.4) is 0 Å². The molecule has 2 aromatic carbocycles. The van der Waals surface area contributed by atoms with Crippen molar-refractivity contribution in [2.45, 2.75) is 70.1 Å². The third-order valence-corrected chi connectivity index (χ3v) is 6.83. The van der Waals surface area contributed by atoms with Crippen molar-refractivity contribution >= 4 is 29.6 Å². The first-order valence-corrected chi connectivity index (χ1v) is 13.5. The van der Waals surface area contributed by atoms with Gasteiger partial charge in [0.1, 0.15) is 29.6 Å². The second kappa shape index (κ2) is 16.0. The molecule has 4 amide bonds. The quantitative estimate of drug-likeness (QED) is 0.133. The van der Waals surface area contributed by atoms with Crippen LogP contribution in [0.25, 0.3) is 0 Å². The van der Waals surface area contributed by atoms with Crippen LogP contribution in [0.1, 0.15) is 44.2 Å². The molecule has 2 aromatic rings. The molecular formula is C29H39N5O8. The molecule has 0 bridgehead atoms. The van der Waals surface area contributed by atoms with Crippen molar-refractivity contribution < 1.29 is 39.3 Å². The van der Waals surface area contributed by atoms with Gasteiger partial charge in [0.15, 0.2) is 0 Å². The van der Waals surface area contributed by atoms with E-state index in [0.717, 1.165) is 0 Å². The first kappa shape index (κ1) is 33.6. The fourth-order valence-corrected chi connectivity index (χ4v) is 4.10. The van der Waals surface area contributed by atoms with E-state index in [-0.39, 0.29) is 43.1 Å². The number of carbonyl (C=O) groups excluding carboxylic acids is 4. The summed E-state index contributed by atoms with van der Waals surface area (Å²) in [6, 6.07) is 7.13. The molecule has 0 aliphatic heterocycles. The highest BCUT2D eigenvalue weighted by Crippen LogP contribution is 2.14. The van der Waals surface area contributed by atoms with E-state index in [2.05, 4.69) is 16.0 Å². The molecule has 5 unspecified atom stereocenters. The Labute approximate surface area is 243 Å². The van der Waals surface area contributed by atoms with Crippen LogP contribution in [-0.4, -0.2) is 69.1 Å². The predicted molar refractivity (Wildman–Crippen MR) is 153 cm³/mol. The van der Waals surface area contributed by atoms with Gasteiger partial charge < -0.3 is 42.7 Å². The van der Waals surface area contributed by atoms with Crippen molar-refractivity contribution in [2.24, 2.45) is 17.4 Å². The van der Waals surface area contributed by atoms with E-state index >= 15 is 0 Å². The Hall–Kier alpha value is -4.65. The lowest BCUT2D eigenvalue weighted by molar-refractivity contribution is -0.142. The van der Waals surface area contributed by atoms with E-state index in [1.54, 1.807) is 19.1 Å². The summed E-state index contributed by atoms with van der Waals surface area (Å²) in [7, 11) is 0. The number of hydrogen-bond acceptors (Lipinski definition) is 8. The van der Waals surface area contributed by atoms with Crippen LogP contribution in [0, 0.1) is 5.92 Å². The van der Waals surface area contributed by atoms with Crippen LogP contribution >= 0.6 is 0 Å². The summed E-state index contributed by atoms with van der Waals surface area (Å²) >= 11 is 0. The summed E-state index contributed by atoms with van der Waals surface area (Å²) in [6.07, 6.45) is 0.0356. The minimum Gasteiger partial charge on any atom is -0.508 e. The molecule has 0 aliphatic rings. The maximum absolute atomic E-state index is 13.4. The zero-order chi connectivity index (χ0) is 31.4. The number of rotatable bonds is 16. The van der Waals surface area contributed by atoms with Crippen molar-refractivity contribution in [3.63, 3.8) is 0 Å². The summed E-state index contributed by atoms with van der Waals surface area (Å²) in [4.78, 5) is 62.8. The number of phenols is 2. The zero-order valence-electron chi connectivity index (χ0n) is 23.6. The lowest BCUT2D eigenvalue weighted by Gasteiger charge is -2.28. The van der Waals surface area contributed by atoms with E-state index in [1.807, 2.05) is 6.92 Å². The molecule has 0 radical (unpaired) electrons. The Morgan fingerprint density at radius 3 is 1.74 bits per heavy atom. The van der Waals surface area contributed by atoms with Crippen molar-refractivity contribution in [1.29, 1.82) is 0 Å². The standard InChI is InChI=1S/C29H39N5O8/c1-3-16(2)25(34-26(38)21(30)14-17-4-8-19(35)9-5-17)28(40)32-22(12-13-24(31)37)27(39)33-23(29(41)42)15-18-6-10-20(36)11-7-18/h4-11,16,21-23,25,35-36H,3,12-15,30H2,1-2H3,(H2,31,37)(H,32,40)(H,33,39)(H,34,38)(H,41,42). The third-order valence-electron chi connectivity index (χ3n) is 6.83. The lowest BCUT2D eigenvalue weighted by atomic mass is 9.96. The minimum atomic E-state index is -1.38. The molecule has 42 heavy (non-hydrogen) atoms. The van der Waals surface area contributed by atoms with E-state index < -0.39 is 53.8 Å². The lowest BCUT2D eigenvalue weighted by Crippen LogP contribution is -2.59. The Balaban J connectivity index is 2.17. The third kappa shape index (κ3) is 10.7. The molecule has 13 heteroatoms. The molecule has 228 valence electrons. The van der Waals surface area contributed by atoms with Gasteiger partial charge in [0.2, 0.25) is 23.6 Å². The Morgan fingerprint density at radius 2 is 1.26 bits per heavy atom. The number of nitrogens with one attached hydrogen (secondary N) is 3. The van der Waals surface area contributed by atoms with E-state index in [1.165, 1.54) is 36.4 Å². The van der Waals surface area contributed by atoms with E-state index in [9.17, 15) is 39.3 Å². The molecule has 2 rings (SSSR count). The number of primary amides is 1. The van der Waals surface area contributed by atoms with Crippen molar-refractivity contribution in [3.05, 3.63) is 59.7 Å². The van der Waals surface area contributed by atoms with Crippen LogP contribution in [0.4, 0.5) is 0 Å². The number of carboxylic acids is 1. The Morgan fingerprint density at radius 1 is 0.762 bits per heavy atom. The van der Waals surface area contributed by atoms with Crippen molar-refractivity contribution in [2.75, 3.05) is 0 Å². The minimum absolute atomic E-state index is 0.00634. The van der Waals surface area contributed by atoms with Gasteiger partial charge in [0, 0.05) is 12.8 Å². The number of nitrogens with two attached hydrogens (primary N) is 2. The van der Waals surface area contributed by atoms with Crippen LogP contribution < -0.4 is 27.4 Å². The number of hydrogen-bond donors (Lipinski definition) is 8. The largest absolute Gasteiger partial charge is 0.508 e. The normalized spacial score (nSPS) is 14.5. The van der Waals surface area contributed by atoms with Crippen LogP contribution in [0.2, 0.25) is 0 Å². The van der Waals surface area contributed by atoms with Gasteiger partial charge in [-0.15, -0.1) is 0 Å². The van der Waals surface area contributed by atoms with Crippen molar-refractivity contribution in [3.8, 4) is 11.5 Å². The number of carbonyl (C=O) groups is 5. The average molecular weight is 586 g/mol. The van der Waals surface area contributed by atoms with Gasteiger partial charge >= 0.3 is 5.97 Å². The molecule has 0 saturated heterocycles. The van der Waals surface area contributed by atoms with Gasteiger partial charge in [-0.25, -0.2) is 4.79 Å². The second-order valence-electron chi connectivity index (χ2n) is 10.2. The number of aromatic hydroxyl groups is 2. The first-order valence-electron chi connectivity index (χ1n) is 13.5. The fourth-order valence-electron chi connectivity index (χ4n) is 4.10. The van der Waals surface area contributed by atoms with Crippen LogP contribution in [0.5, 0.6) is 11.5 Å². The van der Waals surface area contributed by atoms with E-state index in [4.69, 9.17) is 11.5 Å². The summed E-state index contributed by atoms with van der Waals surface area (Å²) in [5, 5.41) is 36.2. The number of aliphatic carboxylic acids is 1. The predicted octanol–water partition coefficient (Wildman–Crippen LogP) is 0.0609. The molecule has 0 aliphatic carbocycles.